The molecule has 1 aromatic carbocycles. The molecule has 0 fully saturated rings. The Hall–Kier alpha value is 3.66. The third-order valence-electron chi connectivity index (χ3n) is 16.5. The van der Waals surface area contributed by atoms with E-state index in [1.807, 2.05) is 12.1 Å². The third kappa shape index (κ3) is 53.1. The second-order valence-corrected chi connectivity index (χ2v) is 140. The minimum atomic E-state index is -2.93. The Balaban J connectivity index is 3.01. The molecule has 0 amide bonds. The summed E-state index contributed by atoms with van der Waals surface area (Å²) in [6.07, 6.45) is 4.05. The highest BCUT2D eigenvalue weighted by Crippen LogP contribution is 2.39. The molecule has 0 saturated carbocycles. The molecule has 0 aliphatic rings. The minimum Gasteiger partial charge on any atom is -0.508 e. The van der Waals surface area contributed by atoms with Gasteiger partial charge in [-0.15, -0.1) is 0 Å². The van der Waals surface area contributed by atoms with Crippen LogP contribution in [0.1, 0.15) is 57.1 Å². The summed E-state index contributed by atoms with van der Waals surface area (Å²) in [5.41, 5.74) is 2.23. The number of benzene rings is 1. The maximum Gasteiger partial charge on any atom is 0.314 e. The molecule has 0 saturated heterocycles. The molecule has 1 rings (SSSR count). The average Bonchev–Trinajstić information content (AvgIpc) is 0.802. The van der Waals surface area contributed by atoms with Crippen LogP contribution in [-0.4, -0.2) is 227 Å². The van der Waals surface area contributed by atoms with Crippen LogP contribution in [0.2, 0.25) is 353 Å². The van der Waals surface area contributed by atoms with Gasteiger partial charge in [0, 0.05) is 0 Å². The molecule has 0 bridgehead atoms. The quantitative estimate of drug-likeness (QED) is 0.0595. The van der Waals surface area contributed by atoms with Gasteiger partial charge in [-0.1, -0.05) is 45.7 Å². The van der Waals surface area contributed by atoms with Gasteiger partial charge in [-0.3, -0.25) is 0 Å². The van der Waals surface area contributed by atoms with E-state index in [-0.39, 0.29) is 0 Å². The maximum absolute atomic E-state index is 10.6. The number of hydrogen-bond acceptors (Lipinski definition) is 26. The summed E-state index contributed by atoms with van der Waals surface area (Å²) in [5.74, 6) is 0.760. The lowest BCUT2D eigenvalue weighted by atomic mass is 9.98. The van der Waals surface area contributed by atoms with Gasteiger partial charge in [0.25, 0.3) is 0 Å². The standard InChI is InChI=1S/C68H182O26Si26/c1-56-57-62-95(4,5)70-97(8,9)72-99(12,13)74-101(16,17)76-103(20,21)78-105(24,25)80-107(28,29)82-109(32,33)84-111(36,37)86-113(40,41)88-115(44,45)90-117(48,49)92-119(52,53)94-120(54,55)93-118(50,51)91-116(46,47)89-114(42,43)87-112(38,39)85-110(34,35)83-108(30,31)81-106(26,27)79-104(22,23)77-102(18,19)75-100(14,15)73-98(10,11)71-96(6,7)63-58-59-67-64-66(65(2)3)60-61-68(67)69/h60-61,64-65,69H,56-59,62-63H2,1-55H3. The summed E-state index contributed by atoms with van der Waals surface area (Å²) in [6.45, 7) is 115. The SMILES string of the molecule is CCCC[Si](C)(C)O[Si](C)(C)O[Si](C)(C)O[Si](C)(C)O[Si](C)(C)O[Si](C)(C)O[Si](C)(C)O[Si](C)(C)O[Si](C)(C)O[Si](C)(C)O[Si](C)(C)O[Si](C)(C)O[Si](C)(C)O[Si](C)(C)O[Si](C)(C)O[Si](C)(C)O[Si](C)(C)O[Si](C)(C)O[Si](C)(C)O[Si](C)(C)O[Si](C)(C)O[Si](C)(C)O[Si](C)(C)O[Si](C)(C)O[Si](C)(C)O[Si](C)(C)CCCc1cc(C(C)C)ccc1O. The second-order valence-electron chi connectivity index (χ2n) is 44.7. The van der Waals surface area contributed by atoms with Crippen molar-refractivity contribution in [2.45, 2.75) is 405 Å². The topological polar surface area (TPSA) is 251 Å². The van der Waals surface area contributed by atoms with Gasteiger partial charge in [-0.05, 0) is 388 Å². The Morgan fingerprint density at radius 1 is 0.208 bits per heavy atom. The van der Waals surface area contributed by atoms with E-state index < -0.39 is 222 Å². The minimum absolute atomic E-state index is 0.360. The molecule has 26 nitrogen and oxygen atoms in total. The van der Waals surface area contributed by atoms with Crippen molar-refractivity contribution in [1.82, 2.24) is 0 Å². The van der Waals surface area contributed by atoms with E-state index in [1.165, 1.54) is 12.0 Å². The van der Waals surface area contributed by atoms with Crippen LogP contribution in [0, 0.1) is 0 Å². The first kappa shape index (κ1) is 122. The molecule has 0 aliphatic carbocycles. The summed E-state index contributed by atoms with van der Waals surface area (Å²) < 4.78 is 174. The highest BCUT2D eigenvalue weighted by molar-refractivity contribution is 6.98. The van der Waals surface area contributed by atoms with E-state index in [0.717, 1.165) is 36.9 Å². The predicted octanol–water partition coefficient (Wildman–Crippen LogP) is 23.9. The van der Waals surface area contributed by atoms with E-state index in [4.69, 9.17) is 103 Å². The Bertz CT molecular complexity index is 3350. The fourth-order valence-electron chi connectivity index (χ4n) is 18.0. The number of aromatic hydroxyl groups is 1. The van der Waals surface area contributed by atoms with Crippen LogP contribution in [0.3, 0.4) is 0 Å². The predicted molar refractivity (Wildman–Crippen MR) is 557 cm³/mol. The molecule has 0 aromatic heterocycles. The lowest BCUT2D eigenvalue weighted by Crippen LogP contribution is -2.63. The summed E-state index contributed by atoms with van der Waals surface area (Å²) in [5, 5.41) is 10.6. The number of aryl methyl sites for hydroxylation is 1. The largest absolute Gasteiger partial charge is 0.508 e. The molecule has 120 heavy (non-hydrogen) atoms. The lowest BCUT2D eigenvalue weighted by molar-refractivity contribution is 0.245. The molecule has 1 N–H and O–H groups in total. The Morgan fingerprint density at radius 2 is 0.342 bits per heavy atom. The van der Waals surface area contributed by atoms with Crippen LogP contribution in [0.4, 0.5) is 0 Å². The lowest BCUT2D eigenvalue weighted by Gasteiger charge is -2.45. The van der Waals surface area contributed by atoms with Gasteiger partial charge in [-0.25, -0.2) is 0 Å². The average molecular weight is 2150 g/mol. The molecule has 714 valence electrons. The van der Waals surface area contributed by atoms with Crippen LogP contribution in [0.5, 0.6) is 5.75 Å². The first-order chi connectivity index (χ1) is 52.0. The molecule has 0 atom stereocenters. The molecule has 0 spiro atoms. The van der Waals surface area contributed by atoms with Gasteiger partial charge in [-0.2, -0.15) is 0 Å². The molecular formula is C68H182O26Si26. The zero-order valence-electron chi connectivity index (χ0n) is 86.7. The van der Waals surface area contributed by atoms with Crippen LogP contribution >= 0.6 is 0 Å². The van der Waals surface area contributed by atoms with Crippen molar-refractivity contribution in [3.8, 4) is 5.75 Å². The van der Waals surface area contributed by atoms with Crippen LogP contribution in [-0.2, 0) is 109 Å². The number of phenols is 1. The van der Waals surface area contributed by atoms with E-state index >= 15 is 0 Å². The summed E-state index contributed by atoms with van der Waals surface area (Å²) in [6, 6.07) is 8.04. The number of rotatable bonds is 58. The monoisotopic (exact) mass is 2140 g/mol. The molecule has 0 heterocycles. The van der Waals surface area contributed by atoms with Crippen molar-refractivity contribution in [3.63, 3.8) is 0 Å². The van der Waals surface area contributed by atoms with Crippen molar-refractivity contribution >= 4 is 222 Å². The van der Waals surface area contributed by atoms with Crippen LogP contribution in [0.15, 0.2) is 18.2 Å². The normalized spacial score (nSPS) is 15.8. The van der Waals surface area contributed by atoms with Gasteiger partial charge in [0.1, 0.15) is 5.75 Å². The Kier molecular flexibility index (Phi) is 43.5. The molecule has 1 aromatic rings. The molecule has 0 aliphatic heterocycles. The van der Waals surface area contributed by atoms with Crippen LogP contribution in [0.25, 0.3) is 0 Å². The molecule has 0 unspecified atom stereocenters. The fourth-order valence-corrected chi connectivity index (χ4v) is 154. The zero-order valence-corrected chi connectivity index (χ0v) is 113. The van der Waals surface area contributed by atoms with Gasteiger partial charge < -0.3 is 108 Å². The van der Waals surface area contributed by atoms with Crippen LogP contribution < -0.4 is 0 Å². The fraction of sp³-hybridized carbons (Fsp3) is 0.912. The van der Waals surface area contributed by atoms with Gasteiger partial charge >= 0.3 is 205 Å². The molecule has 52 heteroatoms. The summed E-state index contributed by atoms with van der Waals surface area (Å²) >= 11 is 0. The highest BCUT2D eigenvalue weighted by Gasteiger charge is 2.57. The Labute approximate surface area is 763 Å². The zero-order chi connectivity index (χ0) is 95.4. The Morgan fingerprint density at radius 3 is 0.475 bits per heavy atom. The van der Waals surface area contributed by atoms with Crippen molar-refractivity contribution < 1.29 is 108 Å². The third-order valence-corrected chi connectivity index (χ3v) is 118. The van der Waals surface area contributed by atoms with E-state index in [0.29, 0.717) is 11.7 Å². The van der Waals surface area contributed by atoms with Crippen molar-refractivity contribution in [3.05, 3.63) is 29.3 Å². The van der Waals surface area contributed by atoms with E-state index in [9.17, 15) is 5.11 Å². The highest BCUT2D eigenvalue weighted by atomic mass is 28.6. The maximum atomic E-state index is 10.6. The van der Waals surface area contributed by atoms with E-state index in [1.54, 1.807) is 0 Å². The van der Waals surface area contributed by atoms with E-state index in [2.05, 4.69) is 367 Å². The number of hydrogen-bond donors (Lipinski definition) is 1. The summed E-state index contributed by atoms with van der Waals surface area (Å²) in [4.78, 5) is 0. The first-order valence-corrected chi connectivity index (χ1v) is 117. The van der Waals surface area contributed by atoms with Crippen molar-refractivity contribution in [2.24, 2.45) is 0 Å². The van der Waals surface area contributed by atoms with Gasteiger partial charge in [0.05, 0.1) is 0 Å². The smallest absolute Gasteiger partial charge is 0.314 e. The van der Waals surface area contributed by atoms with Crippen molar-refractivity contribution in [1.29, 1.82) is 0 Å². The molecular weight excluding hydrogens is 1960 g/mol. The molecule has 0 radical (unpaired) electrons. The summed E-state index contributed by atoms with van der Waals surface area (Å²) in [7, 11) is -72.3. The number of phenolic OH excluding ortho intramolecular Hbond substituents is 1. The van der Waals surface area contributed by atoms with Gasteiger partial charge in [0.15, 0.2) is 16.6 Å². The number of unbranched alkanes of at least 4 members (excludes halogenated alkanes) is 1. The first-order valence-electron chi connectivity index (χ1n) is 43.4. The van der Waals surface area contributed by atoms with Crippen molar-refractivity contribution in [2.75, 3.05) is 0 Å². The van der Waals surface area contributed by atoms with Gasteiger partial charge in [0.2, 0.25) is 0 Å². The second kappa shape index (κ2) is 42.9.